The lowest BCUT2D eigenvalue weighted by Gasteiger charge is -2.40. The van der Waals surface area contributed by atoms with Crippen molar-refractivity contribution in [3.05, 3.63) is 0 Å². The molecule has 2 aliphatic heterocycles. The molecule has 0 spiro atoms. The molecule has 2 rings (SSSR count). The van der Waals surface area contributed by atoms with Crippen molar-refractivity contribution in [2.24, 2.45) is 0 Å². The molecule has 0 saturated carbocycles. The van der Waals surface area contributed by atoms with Gasteiger partial charge < -0.3 is 10.1 Å². The van der Waals surface area contributed by atoms with Crippen LogP contribution in [0.15, 0.2) is 0 Å². The summed E-state index contributed by atoms with van der Waals surface area (Å²) in [6.07, 6.45) is 6.94. The zero-order valence-electron chi connectivity index (χ0n) is 12.5. The van der Waals surface area contributed by atoms with Gasteiger partial charge in [0, 0.05) is 18.6 Å². The minimum absolute atomic E-state index is 0.102. The summed E-state index contributed by atoms with van der Waals surface area (Å²) in [4.78, 5) is 2.66. The first-order valence-corrected chi connectivity index (χ1v) is 7.61. The van der Waals surface area contributed by atoms with E-state index in [9.17, 15) is 0 Å². The minimum atomic E-state index is 0.102. The number of rotatable bonds is 4. The number of likely N-dealkylation sites (tertiary alicyclic amines) is 1. The Kier molecular flexibility index (Phi) is 4.68. The second kappa shape index (κ2) is 5.89. The normalized spacial score (nSPS) is 34.7. The smallest absolute Gasteiger partial charge is 0.0710 e. The molecule has 2 saturated heterocycles. The van der Waals surface area contributed by atoms with E-state index in [0.717, 1.165) is 6.54 Å². The van der Waals surface area contributed by atoms with Crippen molar-refractivity contribution < 1.29 is 4.74 Å². The lowest BCUT2D eigenvalue weighted by Crippen LogP contribution is -2.52. The second-order valence-corrected chi connectivity index (χ2v) is 6.67. The van der Waals surface area contributed by atoms with Gasteiger partial charge in [0.05, 0.1) is 11.7 Å². The van der Waals surface area contributed by atoms with Crippen molar-refractivity contribution in [2.75, 3.05) is 20.1 Å². The number of nitrogens with one attached hydrogen (secondary N) is 1. The molecular formula is C15H30N2O. The number of piperidine rings is 1. The maximum absolute atomic E-state index is 6.15. The first-order chi connectivity index (χ1) is 8.52. The molecule has 0 aromatic rings. The van der Waals surface area contributed by atoms with E-state index in [-0.39, 0.29) is 5.60 Å². The van der Waals surface area contributed by atoms with Gasteiger partial charge in [0.2, 0.25) is 0 Å². The summed E-state index contributed by atoms with van der Waals surface area (Å²) in [6, 6.07) is 1.27. The number of ether oxygens (including phenoxy) is 1. The summed E-state index contributed by atoms with van der Waals surface area (Å²) in [6.45, 7) is 9.12. The van der Waals surface area contributed by atoms with E-state index < -0.39 is 0 Å². The summed E-state index contributed by atoms with van der Waals surface area (Å²) in [7, 11) is 2.08. The Morgan fingerprint density at radius 3 is 2.72 bits per heavy atom. The van der Waals surface area contributed by atoms with E-state index >= 15 is 0 Å². The summed E-state index contributed by atoms with van der Waals surface area (Å²) in [5, 5.41) is 3.42. The van der Waals surface area contributed by atoms with Gasteiger partial charge in [-0.2, -0.15) is 0 Å². The fourth-order valence-corrected chi connectivity index (χ4v) is 3.47. The average molecular weight is 254 g/mol. The first-order valence-electron chi connectivity index (χ1n) is 7.61. The van der Waals surface area contributed by atoms with Crippen LogP contribution >= 0.6 is 0 Å². The highest BCUT2D eigenvalue weighted by molar-refractivity contribution is 4.88. The van der Waals surface area contributed by atoms with Gasteiger partial charge in [-0.15, -0.1) is 0 Å². The van der Waals surface area contributed by atoms with Crippen molar-refractivity contribution in [2.45, 2.75) is 76.7 Å². The van der Waals surface area contributed by atoms with Crippen molar-refractivity contribution in [1.29, 1.82) is 0 Å². The van der Waals surface area contributed by atoms with Gasteiger partial charge in [0.1, 0.15) is 0 Å². The molecule has 18 heavy (non-hydrogen) atoms. The number of hydrogen-bond acceptors (Lipinski definition) is 3. The van der Waals surface area contributed by atoms with Crippen LogP contribution < -0.4 is 5.32 Å². The van der Waals surface area contributed by atoms with Crippen LogP contribution in [0, 0.1) is 0 Å². The lowest BCUT2D eigenvalue weighted by molar-refractivity contribution is -0.0393. The molecule has 3 atom stereocenters. The minimum Gasteiger partial charge on any atom is -0.371 e. The summed E-state index contributed by atoms with van der Waals surface area (Å²) in [5.74, 6) is 0. The molecule has 0 radical (unpaired) electrons. The van der Waals surface area contributed by atoms with E-state index in [0.29, 0.717) is 18.2 Å². The Morgan fingerprint density at radius 2 is 2.11 bits per heavy atom. The van der Waals surface area contributed by atoms with Gasteiger partial charge in [-0.1, -0.05) is 6.42 Å². The van der Waals surface area contributed by atoms with Gasteiger partial charge in [-0.05, 0) is 60.0 Å². The van der Waals surface area contributed by atoms with Gasteiger partial charge in [-0.25, -0.2) is 0 Å². The predicted molar refractivity (Wildman–Crippen MR) is 75.9 cm³/mol. The summed E-state index contributed by atoms with van der Waals surface area (Å²) in [5.41, 5.74) is 0.102. The van der Waals surface area contributed by atoms with Crippen LogP contribution in [0.1, 0.15) is 52.9 Å². The third-order valence-electron chi connectivity index (χ3n) is 4.69. The standard InChI is InChI=1S/C15H30N2O/c1-12(16-4)14-7-5-6-10-17(14)11-13-8-9-15(2,3)18-13/h12-14,16H,5-11H2,1-4H3. The van der Waals surface area contributed by atoms with E-state index in [1.165, 1.54) is 38.6 Å². The van der Waals surface area contributed by atoms with Crippen LogP contribution in [0.3, 0.4) is 0 Å². The predicted octanol–water partition coefficient (Wildman–Crippen LogP) is 2.41. The fraction of sp³-hybridized carbons (Fsp3) is 1.00. The molecule has 3 heteroatoms. The molecular weight excluding hydrogens is 224 g/mol. The van der Waals surface area contributed by atoms with Crippen molar-refractivity contribution in [3.8, 4) is 0 Å². The monoisotopic (exact) mass is 254 g/mol. The summed E-state index contributed by atoms with van der Waals surface area (Å²) >= 11 is 0. The number of nitrogens with zero attached hydrogens (tertiary/aromatic N) is 1. The lowest BCUT2D eigenvalue weighted by atomic mass is 9.96. The third-order valence-corrected chi connectivity index (χ3v) is 4.69. The first kappa shape index (κ1) is 14.3. The molecule has 106 valence electrons. The molecule has 0 bridgehead atoms. The van der Waals surface area contributed by atoms with Crippen LogP contribution in [-0.4, -0.2) is 48.8 Å². The van der Waals surface area contributed by atoms with E-state index in [1.807, 2.05) is 0 Å². The highest BCUT2D eigenvalue weighted by atomic mass is 16.5. The molecule has 2 aliphatic rings. The largest absolute Gasteiger partial charge is 0.371 e. The summed E-state index contributed by atoms with van der Waals surface area (Å²) < 4.78 is 6.15. The molecule has 3 unspecified atom stereocenters. The van der Waals surface area contributed by atoms with Gasteiger partial charge in [0.15, 0.2) is 0 Å². The second-order valence-electron chi connectivity index (χ2n) is 6.67. The van der Waals surface area contributed by atoms with Crippen molar-refractivity contribution in [1.82, 2.24) is 10.2 Å². The van der Waals surface area contributed by atoms with E-state index in [4.69, 9.17) is 4.74 Å². The van der Waals surface area contributed by atoms with Crippen molar-refractivity contribution >= 4 is 0 Å². The zero-order valence-corrected chi connectivity index (χ0v) is 12.5. The molecule has 3 nitrogen and oxygen atoms in total. The van der Waals surface area contributed by atoms with Crippen LogP contribution in [0.4, 0.5) is 0 Å². The highest BCUT2D eigenvalue weighted by Gasteiger charge is 2.35. The molecule has 0 aromatic carbocycles. The zero-order chi connectivity index (χ0) is 13.2. The molecule has 1 N–H and O–H groups in total. The Labute approximate surface area is 112 Å². The molecule has 2 heterocycles. The maximum Gasteiger partial charge on any atom is 0.0710 e. The van der Waals surface area contributed by atoms with Crippen LogP contribution in [0.25, 0.3) is 0 Å². The Morgan fingerprint density at radius 1 is 1.33 bits per heavy atom. The van der Waals surface area contributed by atoms with E-state index in [2.05, 4.69) is 38.0 Å². The Hall–Kier alpha value is -0.120. The van der Waals surface area contributed by atoms with Crippen molar-refractivity contribution in [3.63, 3.8) is 0 Å². The van der Waals surface area contributed by atoms with Gasteiger partial charge >= 0.3 is 0 Å². The average Bonchev–Trinajstić information content (AvgIpc) is 2.68. The highest BCUT2D eigenvalue weighted by Crippen LogP contribution is 2.31. The van der Waals surface area contributed by atoms with Crippen LogP contribution in [-0.2, 0) is 4.74 Å². The molecule has 0 amide bonds. The van der Waals surface area contributed by atoms with Crippen LogP contribution in [0.2, 0.25) is 0 Å². The molecule has 2 fully saturated rings. The Bertz CT molecular complexity index is 267. The molecule has 0 aliphatic carbocycles. The fourth-order valence-electron chi connectivity index (χ4n) is 3.47. The quantitative estimate of drug-likeness (QED) is 0.834. The topological polar surface area (TPSA) is 24.5 Å². The van der Waals surface area contributed by atoms with Gasteiger partial charge in [-0.3, -0.25) is 4.90 Å². The molecule has 0 aromatic heterocycles. The third kappa shape index (κ3) is 3.46. The number of likely N-dealkylation sites (N-methyl/N-ethyl adjacent to an activating group) is 1. The maximum atomic E-state index is 6.15. The SMILES string of the molecule is CNC(C)C1CCCCN1CC1CCC(C)(C)O1. The number of hydrogen-bond donors (Lipinski definition) is 1. The van der Waals surface area contributed by atoms with E-state index in [1.54, 1.807) is 0 Å². The van der Waals surface area contributed by atoms with Gasteiger partial charge in [0.25, 0.3) is 0 Å². The van der Waals surface area contributed by atoms with Crippen LogP contribution in [0.5, 0.6) is 0 Å². The Balaban J connectivity index is 1.90.